The Morgan fingerprint density at radius 3 is 2.39 bits per heavy atom. The van der Waals surface area contributed by atoms with Crippen molar-refractivity contribution in [3.05, 3.63) is 34.3 Å². The van der Waals surface area contributed by atoms with E-state index in [9.17, 15) is 9.59 Å². The first-order valence-corrected chi connectivity index (χ1v) is 6.10. The van der Waals surface area contributed by atoms with Crippen LogP contribution in [0.15, 0.2) is 28.7 Å². The third-order valence-electron chi connectivity index (χ3n) is 2.08. The summed E-state index contributed by atoms with van der Waals surface area (Å²) in [5.41, 5.74) is 0.557. The SMILES string of the molecule is N#CCC(=O)NCCNC(=O)c1ccc(Br)cc1. The minimum atomic E-state index is -0.338. The number of nitrogens with one attached hydrogen (secondary N) is 2. The van der Waals surface area contributed by atoms with E-state index in [-0.39, 0.29) is 18.2 Å². The van der Waals surface area contributed by atoms with E-state index in [4.69, 9.17) is 5.26 Å². The van der Waals surface area contributed by atoms with Gasteiger partial charge < -0.3 is 10.6 Å². The highest BCUT2D eigenvalue weighted by Gasteiger charge is 2.04. The van der Waals surface area contributed by atoms with Gasteiger partial charge in [-0.2, -0.15) is 5.26 Å². The molecule has 0 saturated carbocycles. The molecule has 1 aromatic carbocycles. The van der Waals surface area contributed by atoms with Crippen molar-refractivity contribution in [3.63, 3.8) is 0 Å². The van der Waals surface area contributed by atoms with E-state index >= 15 is 0 Å². The van der Waals surface area contributed by atoms with Crippen molar-refractivity contribution in [2.24, 2.45) is 0 Å². The molecule has 0 aromatic heterocycles. The van der Waals surface area contributed by atoms with E-state index in [0.717, 1.165) is 4.47 Å². The van der Waals surface area contributed by atoms with Crippen molar-refractivity contribution < 1.29 is 9.59 Å². The average molecular weight is 310 g/mol. The second kappa shape index (κ2) is 7.45. The van der Waals surface area contributed by atoms with Gasteiger partial charge in [-0.1, -0.05) is 15.9 Å². The highest BCUT2D eigenvalue weighted by atomic mass is 79.9. The molecule has 0 radical (unpaired) electrons. The Morgan fingerprint density at radius 2 is 1.78 bits per heavy atom. The number of rotatable bonds is 5. The number of hydrogen-bond donors (Lipinski definition) is 2. The molecular formula is C12H12BrN3O2. The molecule has 0 atom stereocenters. The van der Waals surface area contributed by atoms with Crippen molar-refractivity contribution in [1.29, 1.82) is 5.26 Å². The second-order valence-electron chi connectivity index (χ2n) is 3.45. The third kappa shape index (κ3) is 4.97. The van der Waals surface area contributed by atoms with E-state index in [1.165, 1.54) is 0 Å². The Bertz CT molecular complexity index is 465. The van der Waals surface area contributed by atoms with Gasteiger partial charge >= 0.3 is 0 Å². The predicted octanol–water partition coefficient (Wildman–Crippen LogP) is 1.21. The number of nitrogens with zero attached hydrogens (tertiary/aromatic N) is 1. The molecule has 18 heavy (non-hydrogen) atoms. The van der Waals surface area contributed by atoms with Crippen LogP contribution in [0, 0.1) is 11.3 Å². The van der Waals surface area contributed by atoms with E-state index in [0.29, 0.717) is 18.7 Å². The van der Waals surface area contributed by atoms with Crippen molar-refractivity contribution >= 4 is 27.7 Å². The number of nitriles is 1. The minimum Gasteiger partial charge on any atom is -0.353 e. The Hall–Kier alpha value is -1.87. The van der Waals surface area contributed by atoms with E-state index < -0.39 is 0 Å². The molecule has 2 amide bonds. The molecule has 94 valence electrons. The summed E-state index contributed by atoms with van der Waals surface area (Å²) >= 11 is 3.28. The Kier molecular flexibility index (Phi) is 5.88. The molecule has 6 heteroatoms. The predicted molar refractivity (Wildman–Crippen MR) is 69.7 cm³/mol. The standard InChI is InChI=1S/C12H12BrN3O2/c13-10-3-1-9(2-4-10)12(18)16-8-7-15-11(17)5-6-14/h1-4H,5,7-8H2,(H,15,17)(H,16,18). The summed E-state index contributed by atoms with van der Waals surface area (Å²) in [4.78, 5) is 22.6. The zero-order valence-corrected chi connectivity index (χ0v) is 11.2. The zero-order valence-electron chi connectivity index (χ0n) is 9.57. The molecule has 0 bridgehead atoms. The molecule has 2 N–H and O–H groups in total. The van der Waals surface area contributed by atoms with E-state index in [2.05, 4.69) is 26.6 Å². The summed E-state index contributed by atoms with van der Waals surface area (Å²) in [6, 6.07) is 8.71. The molecule has 0 fully saturated rings. The Balaban J connectivity index is 2.28. The quantitative estimate of drug-likeness (QED) is 0.802. The van der Waals surface area contributed by atoms with Gasteiger partial charge in [0.15, 0.2) is 0 Å². The fourth-order valence-electron chi connectivity index (χ4n) is 1.22. The van der Waals surface area contributed by atoms with Crippen LogP contribution in [0.5, 0.6) is 0 Å². The lowest BCUT2D eigenvalue weighted by Crippen LogP contribution is -2.34. The van der Waals surface area contributed by atoms with Crippen molar-refractivity contribution in [2.75, 3.05) is 13.1 Å². The monoisotopic (exact) mass is 309 g/mol. The maximum atomic E-state index is 11.6. The molecule has 1 rings (SSSR count). The first kappa shape index (κ1) is 14.2. The maximum Gasteiger partial charge on any atom is 0.251 e. The second-order valence-corrected chi connectivity index (χ2v) is 4.36. The summed E-state index contributed by atoms with van der Waals surface area (Å²) in [7, 11) is 0. The summed E-state index contributed by atoms with van der Waals surface area (Å²) in [6.07, 6.45) is -0.166. The first-order valence-electron chi connectivity index (χ1n) is 5.31. The van der Waals surface area contributed by atoms with Gasteiger partial charge in [0.1, 0.15) is 6.42 Å². The van der Waals surface area contributed by atoms with Gasteiger partial charge in [-0.15, -0.1) is 0 Å². The summed E-state index contributed by atoms with van der Waals surface area (Å²) < 4.78 is 0.905. The number of carbonyl (C=O) groups is 2. The lowest BCUT2D eigenvalue weighted by Gasteiger charge is -2.06. The molecule has 0 aliphatic rings. The summed E-state index contributed by atoms with van der Waals surface area (Å²) in [5.74, 6) is -0.535. The number of benzene rings is 1. The van der Waals surface area contributed by atoms with Crippen LogP contribution in [-0.2, 0) is 4.79 Å². The van der Waals surface area contributed by atoms with E-state index in [1.807, 2.05) is 0 Å². The van der Waals surface area contributed by atoms with Gasteiger partial charge in [-0.25, -0.2) is 0 Å². The molecule has 0 aliphatic carbocycles. The smallest absolute Gasteiger partial charge is 0.251 e. The van der Waals surface area contributed by atoms with Crippen LogP contribution in [0.3, 0.4) is 0 Å². The molecule has 5 nitrogen and oxygen atoms in total. The van der Waals surface area contributed by atoms with Gasteiger partial charge in [-0.05, 0) is 24.3 Å². The van der Waals surface area contributed by atoms with Crippen molar-refractivity contribution in [3.8, 4) is 6.07 Å². The fourth-order valence-corrected chi connectivity index (χ4v) is 1.48. The normalized spacial score (nSPS) is 9.33. The molecule has 0 saturated heterocycles. The van der Waals surface area contributed by atoms with Crippen LogP contribution >= 0.6 is 15.9 Å². The summed E-state index contributed by atoms with van der Waals surface area (Å²) in [6.45, 7) is 0.634. The van der Waals surface area contributed by atoms with Gasteiger partial charge in [-0.3, -0.25) is 9.59 Å². The highest BCUT2D eigenvalue weighted by Crippen LogP contribution is 2.10. The van der Waals surface area contributed by atoms with Crippen molar-refractivity contribution in [1.82, 2.24) is 10.6 Å². The van der Waals surface area contributed by atoms with Crippen LogP contribution in [0.2, 0.25) is 0 Å². The topological polar surface area (TPSA) is 82.0 Å². The maximum absolute atomic E-state index is 11.6. The van der Waals surface area contributed by atoms with Gasteiger partial charge in [0.05, 0.1) is 6.07 Å². The van der Waals surface area contributed by atoms with Crippen LogP contribution in [0.1, 0.15) is 16.8 Å². The largest absolute Gasteiger partial charge is 0.353 e. The Labute approximate surface area is 113 Å². The number of hydrogen-bond acceptors (Lipinski definition) is 3. The summed E-state index contributed by atoms with van der Waals surface area (Å²) in [5, 5.41) is 13.4. The molecule has 0 spiro atoms. The fraction of sp³-hybridized carbons (Fsp3) is 0.250. The highest BCUT2D eigenvalue weighted by molar-refractivity contribution is 9.10. The van der Waals surface area contributed by atoms with Crippen molar-refractivity contribution in [2.45, 2.75) is 6.42 Å². The molecule has 0 heterocycles. The van der Waals surface area contributed by atoms with Gasteiger partial charge in [0.2, 0.25) is 5.91 Å². The lowest BCUT2D eigenvalue weighted by atomic mass is 10.2. The molecule has 0 aliphatic heterocycles. The number of carbonyl (C=O) groups excluding carboxylic acids is 2. The van der Waals surface area contributed by atoms with Crippen LogP contribution < -0.4 is 10.6 Å². The molecular weight excluding hydrogens is 298 g/mol. The number of halogens is 1. The molecule has 0 unspecified atom stereocenters. The van der Waals surface area contributed by atoms with Crippen LogP contribution in [0.25, 0.3) is 0 Å². The van der Waals surface area contributed by atoms with Gasteiger partial charge in [0.25, 0.3) is 5.91 Å². The average Bonchev–Trinajstić information content (AvgIpc) is 2.35. The van der Waals surface area contributed by atoms with Crippen LogP contribution in [-0.4, -0.2) is 24.9 Å². The third-order valence-corrected chi connectivity index (χ3v) is 2.61. The number of amides is 2. The van der Waals surface area contributed by atoms with E-state index in [1.54, 1.807) is 30.3 Å². The molecule has 1 aromatic rings. The zero-order chi connectivity index (χ0) is 13.4. The lowest BCUT2D eigenvalue weighted by molar-refractivity contribution is -0.120. The first-order chi connectivity index (χ1) is 8.63. The minimum absolute atomic E-state index is 0.166. The Morgan fingerprint density at radius 1 is 1.17 bits per heavy atom. The van der Waals surface area contributed by atoms with Crippen LogP contribution in [0.4, 0.5) is 0 Å². The van der Waals surface area contributed by atoms with Gasteiger partial charge in [0, 0.05) is 23.1 Å².